The Morgan fingerprint density at radius 3 is 2.21 bits per heavy atom. The number of hydrogen-bond donors (Lipinski definition) is 4. The van der Waals surface area contributed by atoms with Gasteiger partial charge in [-0.05, 0) is 22.3 Å². The predicted molar refractivity (Wildman–Crippen MR) is 119 cm³/mol. The summed E-state index contributed by atoms with van der Waals surface area (Å²) < 4.78 is 5.37. The van der Waals surface area contributed by atoms with E-state index in [4.69, 9.17) is 4.74 Å². The van der Waals surface area contributed by atoms with E-state index in [2.05, 4.69) is 5.32 Å². The molecule has 1 amide bonds. The van der Waals surface area contributed by atoms with Crippen LogP contribution in [0.5, 0.6) is 5.75 Å². The number of alkyl carbamates (subject to hydrolysis) is 1. The molecule has 1 aliphatic rings. The van der Waals surface area contributed by atoms with Gasteiger partial charge in [0.15, 0.2) is 5.75 Å². The van der Waals surface area contributed by atoms with Gasteiger partial charge < -0.3 is 25.4 Å². The summed E-state index contributed by atoms with van der Waals surface area (Å²) in [5.41, 5.74) is 3.50. The van der Waals surface area contributed by atoms with Crippen molar-refractivity contribution >= 4 is 11.8 Å². The second kappa shape index (κ2) is 9.27. The third-order valence-electron chi connectivity index (χ3n) is 5.72. The van der Waals surface area contributed by atoms with Crippen molar-refractivity contribution in [1.29, 1.82) is 0 Å². The minimum Gasteiger partial charge on any atom is -0.502 e. The maximum Gasteiger partial charge on any atom is 0.407 e. The number of nitrogens with zero attached hydrogens (tertiary/aromatic N) is 1. The lowest BCUT2D eigenvalue weighted by Gasteiger charge is -2.20. The van der Waals surface area contributed by atoms with Crippen molar-refractivity contribution < 1.29 is 29.8 Å². The standard InChI is InChI=1S/C24H22N2O7/c27-21(23(29)18-10-5-11-20(22(18)28)26(31)32)12-25-24(30)33-13-19-16-8-3-1-6-14(16)15-7-2-4-9-17(15)19/h1-11,19,21,23,27-29H,12-13H2,(H,25,30). The van der Waals surface area contributed by atoms with Crippen molar-refractivity contribution in [3.63, 3.8) is 0 Å². The Labute approximate surface area is 189 Å². The second-order valence-electron chi connectivity index (χ2n) is 7.69. The fraction of sp³-hybridized carbons (Fsp3) is 0.208. The van der Waals surface area contributed by atoms with Crippen LogP contribution in [0.4, 0.5) is 10.5 Å². The molecule has 2 atom stereocenters. The van der Waals surface area contributed by atoms with E-state index in [0.29, 0.717) is 0 Å². The molecule has 0 aromatic heterocycles. The van der Waals surface area contributed by atoms with Crippen LogP contribution in [0, 0.1) is 10.1 Å². The van der Waals surface area contributed by atoms with Gasteiger partial charge in [-0.1, -0.05) is 60.7 Å². The zero-order chi connectivity index (χ0) is 23.5. The number of nitro benzene ring substituents is 1. The summed E-state index contributed by atoms with van der Waals surface area (Å²) in [4.78, 5) is 22.4. The zero-order valence-electron chi connectivity index (χ0n) is 17.4. The number of hydrogen-bond acceptors (Lipinski definition) is 7. The number of nitrogens with one attached hydrogen (secondary N) is 1. The number of fused-ring (bicyclic) bond motifs is 3. The predicted octanol–water partition coefficient (Wildman–Crippen LogP) is 3.23. The first-order valence-electron chi connectivity index (χ1n) is 10.3. The molecule has 170 valence electrons. The maximum absolute atomic E-state index is 12.2. The number of carbonyl (C=O) groups is 1. The van der Waals surface area contributed by atoms with Crippen LogP contribution in [-0.4, -0.2) is 45.6 Å². The van der Waals surface area contributed by atoms with Crippen LogP contribution in [0.3, 0.4) is 0 Å². The summed E-state index contributed by atoms with van der Waals surface area (Å²) >= 11 is 0. The van der Waals surface area contributed by atoms with Crippen molar-refractivity contribution in [3.05, 3.63) is 93.5 Å². The molecule has 0 spiro atoms. The van der Waals surface area contributed by atoms with Gasteiger partial charge in [0.2, 0.25) is 0 Å². The molecule has 3 aromatic carbocycles. The molecule has 0 heterocycles. The average Bonchev–Trinajstić information content (AvgIpc) is 3.14. The molecule has 4 rings (SSSR count). The molecular weight excluding hydrogens is 428 g/mol. The normalized spacial score (nSPS) is 14.1. The van der Waals surface area contributed by atoms with Crippen molar-refractivity contribution in [2.75, 3.05) is 13.2 Å². The molecule has 9 nitrogen and oxygen atoms in total. The minimum atomic E-state index is -1.65. The quantitative estimate of drug-likeness (QED) is 0.320. The van der Waals surface area contributed by atoms with Crippen LogP contribution >= 0.6 is 0 Å². The third kappa shape index (κ3) is 4.36. The van der Waals surface area contributed by atoms with Crippen LogP contribution in [0.25, 0.3) is 11.1 Å². The first-order valence-corrected chi connectivity index (χ1v) is 10.3. The molecule has 0 aliphatic heterocycles. The molecule has 4 N–H and O–H groups in total. The largest absolute Gasteiger partial charge is 0.502 e. The molecule has 33 heavy (non-hydrogen) atoms. The van der Waals surface area contributed by atoms with Crippen molar-refractivity contribution in [2.45, 2.75) is 18.1 Å². The monoisotopic (exact) mass is 450 g/mol. The summed E-state index contributed by atoms with van der Waals surface area (Å²) in [5.74, 6) is -0.865. The molecule has 1 aliphatic carbocycles. The zero-order valence-corrected chi connectivity index (χ0v) is 17.4. The maximum atomic E-state index is 12.2. The van der Waals surface area contributed by atoms with Gasteiger partial charge in [-0.25, -0.2) is 4.79 Å². The first kappa shape index (κ1) is 22.3. The first-order chi connectivity index (χ1) is 15.9. The molecule has 0 saturated carbocycles. The molecule has 2 unspecified atom stereocenters. The number of benzene rings is 3. The number of phenols is 1. The highest BCUT2D eigenvalue weighted by Gasteiger charge is 2.30. The Morgan fingerprint density at radius 2 is 1.61 bits per heavy atom. The van der Waals surface area contributed by atoms with Gasteiger partial charge in [-0.15, -0.1) is 0 Å². The van der Waals surface area contributed by atoms with Crippen LogP contribution in [0.1, 0.15) is 28.7 Å². The smallest absolute Gasteiger partial charge is 0.407 e. The van der Waals surface area contributed by atoms with E-state index in [1.165, 1.54) is 12.1 Å². The topological polar surface area (TPSA) is 142 Å². The average molecular weight is 450 g/mol. The summed E-state index contributed by atoms with van der Waals surface area (Å²) in [6.07, 6.45) is -3.97. The lowest BCUT2D eigenvalue weighted by atomic mass is 9.98. The number of aliphatic hydroxyl groups is 2. The van der Waals surface area contributed by atoms with Crippen LogP contribution in [0.15, 0.2) is 66.7 Å². The minimum absolute atomic E-state index is 0.0875. The highest BCUT2D eigenvalue weighted by atomic mass is 16.6. The number of aromatic hydroxyl groups is 1. The Balaban J connectivity index is 1.36. The van der Waals surface area contributed by atoms with Crippen LogP contribution in [0.2, 0.25) is 0 Å². The van der Waals surface area contributed by atoms with Gasteiger partial charge in [0.25, 0.3) is 0 Å². The number of ether oxygens (including phenoxy) is 1. The lowest BCUT2D eigenvalue weighted by molar-refractivity contribution is -0.386. The molecule has 0 saturated heterocycles. The summed E-state index contributed by atoms with van der Waals surface area (Å²) in [5, 5.41) is 43.8. The summed E-state index contributed by atoms with van der Waals surface area (Å²) in [6, 6.07) is 19.4. The second-order valence-corrected chi connectivity index (χ2v) is 7.69. The number of phenolic OH excluding ortho intramolecular Hbond substituents is 1. The molecule has 0 bridgehead atoms. The van der Waals surface area contributed by atoms with E-state index in [1.54, 1.807) is 0 Å². The number of amides is 1. The Morgan fingerprint density at radius 1 is 1.00 bits per heavy atom. The third-order valence-corrected chi connectivity index (χ3v) is 5.72. The number of carbonyl (C=O) groups excluding carboxylic acids is 1. The van der Waals surface area contributed by atoms with Crippen molar-refractivity contribution in [1.82, 2.24) is 5.32 Å². The van der Waals surface area contributed by atoms with Gasteiger partial charge in [-0.3, -0.25) is 10.1 Å². The highest BCUT2D eigenvalue weighted by Crippen LogP contribution is 2.44. The fourth-order valence-electron chi connectivity index (χ4n) is 4.09. The summed E-state index contributed by atoms with van der Waals surface area (Å²) in [6.45, 7) is -0.301. The van der Waals surface area contributed by atoms with E-state index in [-0.39, 0.29) is 24.6 Å². The van der Waals surface area contributed by atoms with Crippen molar-refractivity contribution in [3.8, 4) is 16.9 Å². The molecule has 9 heteroatoms. The summed E-state index contributed by atoms with van der Waals surface area (Å²) in [7, 11) is 0. The van der Waals surface area contributed by atoms with E-state index >= 15 is 0 Å². The number of aliphatic hydroxyl groups excluding tert-OH is 2. The van der Waals surface area contributed by atoms with Gasteiger partial charge >= 0.3 is 11.8 Å². The van der Waals surface area contributed by atoms with E-state index in [9.17, 15) is 30.2 Å². The van der Waals surface area contributed by atoms with Crippen LogP contribution < -0.4 is 5.32 Å². The van der Waals surface area contributed by atoms with Crippen LogP contribution in [-0.2, 0) is 4.74 Å². The van der Waals surface area contributed by atoms with E-state index < -0.39 is 34.7 Å². The number of nitro groups is 1. The molecule has 0 radical (unpaired) electrons. The Bertz CT molecular complexity index is 1150. The number of para-hydroxylation sites is 1. The van der Waals surface area contributed by atoms with Gasteiger partial charge in [0, 0.05) is 24.1 Å². The number of rotatable bonds is 7. The SMILES string of the molecule is O=C(NCC(O)C(O)c1cccc([N+](=O)[O-])c1O)OCC1c2ccccc2-c2ccccc21. The van der Waals surface area contributed by atoms with Gasteiger partial charge in [0.1, 0.15) is 18.8 Å². The Hall–Kier alpha value is -3.95. The van der Waals surface area contributed by atoms with E-state index in [0.717, 1.165) is 28.3 Å². The fourth-order valence-corrected chi connectivity index (χ4v) is 4.09. The molecule has 0 fully saturated rings. The molecular formula is C24H22N2O7. The van der Waals surface area contributed by atoms with Crippen molar-refractivity contribution in [2.24, 2.45) is 0 Å². The van der Waals surface area contributed by atoms with Gasteiger partial charge in [0.05, 0.1) is 4.92 Å². The highest BCUT2D eigenvalue weighted by molar-refractivity contribution is 5.79. The van der Waals surface area contributed by atoms with E-state index in [1.807, 2.05) is 48.5 Å². The Kier molecular flexibility index (Phi) is 6.25. The van der Waals surface area contributed by atoms with Gasteiger partial charge in [-0.2, -0.15) is 0 Å². The molecule has 3 aromatic rings. The lowest BCUT2D eigenvalue weighted by Crippen LogP contribution is -2.36.